The lowest BCUT2D eigenvalue weighted by Crippen LogP contribution is -2.37. The first kappa shape index (κ1) is 17.3. The third-order valence-electron chi connectivity index (χ3n) is 4.83. The van der Waals surface area contributed by atoms with E-state index in [9.17, 15) is 9.59 Å². The van der Waals surface area contributed by atoms with Crippen molar-refractivity contribution in [2.45, 2.75) is 25.9 Å². The molecule has 4 rings (SSSR count). The molecule has 138 valence electrons. The normalized spacial score (nSPS) is 14.3. The Labute approximate surface area is 157 Å². The summed E-state index contributed by atoms with van der Waals surface area (Å²) < 4.78 is 11.3. The van der Waals surface area contributed by atoms with Gasteiger partial charge in [-0.25, -0.2) is 4.79 Å². The Hall–Kier alpha value is -3.08. The van der Waals surface area contributed by atoms with E-state index in [-0.39, 0.29) is 11.5 Å². The van der Waals surface area contributed by atoms with Crippen molar-refractivity contribution in [3.63, 3.8) is 0 Å². The maximum atomic E-state index is 12.7. The molecule has 1 saturated heterocycles. The second-order valence-electron chi connectivity index (χ2n) is 6.75. The Morgan fingerprint density at radius 1 is 1.00 bits per heavy atom. The largest absolute Gasteiger partial charge is 0.485 e. The first-order valence-corrected chi connectivity index (χ1v) is 9.25. The van der Waals surface area contributed by atoms with Gasteiger partial charge in [-0.2, -0.15) is 0 Å². The first-order valence-electron chi connectivity index (χ1n) is 9.25. The predicted octanol–water partition coefficient (Wildman–Crippen LogP) is 4.00. The topological polar surface area (TPSA) is 59.8 Å². The van der Waals surface area contributed by atoms with Gasteiger partial charge in [0.15, 0.2) is 11.3 Å². The molecular weight excluding hydrogens is 342 g/mol. The predicted molar refractivity (Wildman–Crippen MR) is 103 cm³/mol. The van der Waals surface area contributed by atoms with E-state index in [4.69, 9.17) is 9.15 Å². The van der Waals surface area contributed by atoms with Crippen LogP contribution in [0, 0.1) is 0 Å². The lowest BCUT2D eigenvalue weighted by atomic mass is 10.1. The summed E-state index contributed by atoms with van der Waals surface area (Å²) >= 11 is 0. The summed E-state index contributed by atoms with van der Waals surface area (Å²) in [5.74, 6) is 0.242. The van der Waals surface area contributed by atoms with Crippen LogP contribution in [0.2, 0.25) is 0 Å². The molecule has 0 aliphatic carbocycles. The zero-order valence-corrected chi connectivity index (χ0v) is 15.0. The third-order valence-corrected chi connectivity index (χ3v) is 4.83. The van der Waals surface area contributed by atoms with Crippen molar-refractivity contribution in [1.82, 2.24) is 4.90 Å². The van der Waals surface area contributed by atoms with E-state index in [1.165, 1.54) is 0 Å². The Morgan fingerprint density at radius 3 is 2.56 bits per heavy atom. The standard InChI is InChI=1S/C22H21NO4/c24-21(23-12-5-2-6-13-23)18-14-17-10-7-11-19(20(17)27-22(18)25)26-15-16-8-3-1-4-9-16/h1,3-4,7-11,14H,2,5-6,12-13,15H2. The lowest BCUT2D eigenvalue weighted by Gasteiger charge is -2.26. The molecule has 1 aromatic heterocycles. The molecule has 2 aromatic carbocycles. The molecule has 3 aromatic rings. The van der Waals surface area contributed by atoms with Gasteiger partial charge in [0.05, 0.1) is 0 Å². The molecule has 0 bridgehead atoms. The van der Waals surface area contributed by atoms with Crippen LogP contribution in [0.3, 0.4) is 0 Å². The van der Waals surface area contributed by atoms with Crippen molar-refractivity contribution in [3.05, 3.63) is 76.1 Å². The van der Waals surface area contributed by atoms with Crippen LogP contribution in [0.4, 0.5) is 0 Å². The zero-order chi connectivity index (χ0) is 18.6. The molecule has 0 spiro atoms. The number of nitrogens with zero attached hydrogens (tertiary/aromatic N) is 1. The summed E-state index contributed by atoms with van der Waals surface area (Å²) in [7, 11) is 0. The van der Waals surface area contributed by atoms with Crippen LogP contribution in [0.25, 0.3) is 11.0 Å². The van der Waals surface area contributed by atoms with Crippen molar-refractivity contribution in [3.8, 4) is 5.75 Å². The van der Waals surface area contributed by atoms with Gasteiger partial charge in [-0.3, -0.25) is 4.79 Å². The second-order valence-corrected chi connectivity index (χ2v) is 6.75. The van der Waals surface area contributed by atoms with Gasteiger partial charge in [0, 0.05) is 18.5 Å². The fraction of sp³-hybridized carbons (Fsp3) is 0.273. The number of carbonyl (C=O) groups is 1. The van der Waals surface area contributed by atoms with Gasteiger partial charge in [-0.15, -0.1) is 0 Å². The van der Waals surface area contributed by atoms with Gasteiger partial charge in [0.2, 0.25) is 0 Å². The molecule has 27 heavy (non-hydrogen) atoms. The summed E-state index contributed by atoms with van der Waals surface area (Å²) in [4.78, 5) is 26.9. The number of likely N-dealkylation sites (tertiary alicyclic amines) is 1. The van der Waals surface area contributed by atoms with Crippen LogP contribution < -0.4 is 10.4 Å². The number of ether oxygens (including phenoxy) is 1. The summed E-state index contributed by atoms with van der Waals surface area (Å²) in [6.45, 7) is 1.76. The van der Waals surface area contributed by atoms with Crippen molar-refractivity contribution in [2.24, 2.45) is 0 Å². The van der Waals surface area contributed by atoms with Crippen LogP contribution in [-0.2, 0) is 6.61 Å². The number of amides is 1. The summed E-state index contributed by atoms with van der Waals surface area (Å²) in [5.41, 5.74) is 0.862. The highest BCUT2D eigenvalue weighted by molar-refractivity contribution is 5.97. The Morgan fingerprint density at radius 2 is 1.78 bits per heavy atom. The highest BCUT2D eigenvalue weighted by Crippen LogP contribution is 2.26. The molecule has 2 heterocycles. The van der Waals surface area contributed by atoms with Crippen molar-refractivity contribution in [2.75, 3.05) is 13.1 Å². The minimum absolute atomic E-state index is 0.0876. The van der Waals surface area contributed by atoms with Crippen molar-refractivity contribution in [1.29, 1.82) is 0 Å². The lowest BCUT2D eigenvalue weighted by molar-refractivity contribution is 0.0720. The Bertz CT molecular complexity index is 1000. The fourth-order valence-electron chi connectivity index (χ4n) is 3.38. The number of carbonyl (C=O) groups excluding carboxylic acids is 1. The quantitative estimate of drug-likeness (QED) is 0.658. The van der Waals surface area contributed by atoms with Gasteiger partial charge in [-0.05, 0) is 37.0 Å². The summed E-state index contributed by atoms with van der Waals surface area (Å²) in [6.07, 6.45) is 3.07. The molecule has 0 unspecified atom stereocenters. The number of benzene rings is 2. The molecule has 0 saturated carbocycles. The number of para-hydroxylation sites is 1. The molecule has 1 aliphatic rings. The molecule has 5 nitrogen and oxygen atoms in total. The average Bonchev–Trinajstić information content (AvgIpc) is 2.73. The maximum Gasteiger partial charge on any atom is 0.349 e. The van der Waals surface area contributed by atoms with Crippen molar-refractivity contribution >= 4 is 16.9 Å². The Balaban J connectivity index is 1.63. The summed E-state index contributed by atoms with van der Waals surface area (Å²) in [6, 6.07) is 16.8. The molecule has 0 radical (unpaired) electrons. The van der Waals surface area contributed by atoms with E-state index in [0.717, 1.165) is 24.8 Å². The molecule has 0 N–H and O–H groups in total. The maximum absolute atomic E-state index is 12.7. The average molecular weight is 363 g/mol. The minimum atomic E-state index is -0.617. The van der Waals surface area contributed by atoms with Gasteiger partial charge in [0.1, 0.15) is 12.2 Å². The van der Waals surface area contributed by atoms with E-state index >= 15 is 0 Å². The molecule has 5 heteroatoms. The SMILES string of the molecule is O=C(c1cc2cccc(OCc3ccccc3)c2oc1=O)N1CCCCC1. The van der Waals surface area contributed by atoms with Gasteiger partial charge >= 0.3 is 5.63 Å². The minimum Gasteiger partial charge on any atom is -0.485 e. The highest BCUT2D eigenvalue weighted by atomic mass is 16.5. The van der Waals surface area contributed by atoms with Crippen LogP contribution in [-0.4, -0.2) is 23.9 Å². The number of fused-ring (bicyclic) bond motifs is 1. The van der Waals surface area contributed by atoms with Crippen molar-refractivity contribution < 1.29 is 13.9 Å². The van der Waals surface area contributed by atoms with E-state index in [0.29, 0.717) is 36.4 Å². The van der Waals surface area contributed by atoms with E-state index < -0.39 is 5.63 Å². The fourth-order valence-corrected chi connectivity index (χ4v) is 3.38. The monoisotopic (exact) mass is 363 g/mol. The van der Waals surface area contributed by atoms with Crippen LogP contribution in [0.5, 0.6) is 5.75 Å². The number of rotatable bonds is 4. The van der Waals surface area contributed by atoms with E-state index in [1.54, 1.807) is 17.0 Å². The van der Waals surface area contributed by atoms with Crippen LogP contribution >= 0.6 is 0 Å². The van der Waals surface area contributed by atoms with Gasteiger partial charge < -0.3 is 14.1 Å². The zero-order valence-electron chi connectivity index (χ0n) is 15.0. The Kier molecular flexibility index (Phi) is 4.92. The van der Waals surface area contributed by atoms with Gasteiger partial charge in [0.25, 0.3) is 5.91 Å². The third kappa shape index (κ3) is 3.72. The number of piperidine rings is 1. The highest BCUT2D eigenvalue weighted by Gasteiger charge is 2.22. The molecule has 0 atom stereocenters. The first-order chi connectivity index (χ1) is 13.2. The van der Waals surface area contributed by atoms with Crippen LogP contribution in [0.15, 0.2) is 63.8 Å². The molecule has 1 amide bonds. The molecule has 1 fully saturated rings. The molecule has 1 aliphatic heterocycles. The van der Waals surface area contributed by atoms with E-state index in [2.05, 4.69) is 0 Å². The van der Waals surface area contributed by atoms with Gasteiger partial charge in [-0.1, -0.05) is 42.5 Å². The number of hydrogen-bond acceptors (Lipinski definition) is 4. The second kappa shape index (κ2) is 7.66. The molecular formula is C22H21NO4. The number of hydrogen-bond donors (Lipinski definition) is 0. The smallest absolute Gasteiger partial charge is 0.349 e. The van der Waals surface area contributed by atoms with E-state index in [1.807, 2.05) is 42.5 Å². The summed E-state index contributed by atoms with van der Waals surface area (Å²) in [5, 5.41) is 0.681. The van der Waals surface area contributed by atoms with Crippen LogP contribution in [0.1, 0.15) is 35.2 Å².